The van der Waals surface area contributed by atoms with E-state index in [0.717, 1.165) is 15.4 Å². The molecule has 1 aromatic carbocycles. The molecular formula is C14H18N2O3S. The van der Waals surface area contributed by atoms with Gasteiger partial charge in [0.2, 0.25) is 0 Å². The minimum absolute atomic E-state index is 0.0348. The lowest BCUT2D eigenvalue weighted by Crippen LogP contribution is -2.01. The van der Waals surface area contributed by atoms with Crippen LogP contribution in [0, 0.1) is 0 Å². The van der Waals surface area contributed by atoms with Crippen LogP contribution >= 0.6 is 11.3 Å². The highest BCUT2D eigenvalue weighted by atomic mass is 32.1. The van der Waals surface area contributed by atoms with Gasteiger partial charge in [-0.25, -0.2) is 4.98 Å². The zero-order chi connectivity index (χ0) is 14.7. The smallest absolute Gasteiger partial charge is 0.164 e. The van der Waals surface area contributed by atoms with Gasteiger partial charge in [-0.05, 0) is 13.0 Å². The summed E-state index contributed by atoms with van der Waals surface area (Å²) in [6.45, 7) is 1.93. The Morgan fingerprint density at radius 2 is 1.65 bits per heavy atom. The van der Waals surface area contributed by atoms with Crippen LogP contribution in [0.4, 0.5) is 0 Å². The molecule has 0 aliphatic carbocycles. The summed E-state index contributed by atoms with van der Waals surface area (Å²) < 4.78 is 16.0. The number of thiazole rings is 1. The van der Waals surface area contributed by atoms with Crippen molar-refractivity contribution in [3.8, 4) is 27.8 Å². The highest BCUT2D eigenvalue weighted by Gasteiger charge is 2.16. The van der Waals surface area contributed by atoms with Crippen LogP contribution in [0.15, 0.2) is 18.3 Å². The van der Waals surface area contributed by atoms with Gasteiger partial charge in [-0.1, -0.05) is 0 Å². The summed E-state index contributed by atoms with van der Waals surface area (Å²) in [6.07, 6.45) is 1.79. The summed E-state index contributed by atoms with van der Waals surface area (Å²) in [7, 11) is 4.81. The molecule has 5 nitrogen and oxygen atoms in total. The Balaban J connectivity index is 2.53. The van der Waals surface area contributed by atoms with E-state index in [2.05, 4.69) is 4.98 Å². The highest BCUT2D eigenvalue weighted by Crippen LogP contribution is 2.41. The van der Waals surface area contributed by atoms with Gasteiger partial charge in [0.1, 0.15) is 10.8 Å². The molecule has 20 heavy (non-hydrogen) atoms. The van der Waals surface area contributed by atoms with E-state index in [1.165, 1.54) is 0 Å². The van der Waals surface area contributed by atoms with Crippen molar-refractivity contribution in [3.05, 3.63) is 23.2 Å². The zero-order valence-corrected chi connectivity index (χ0v) is 12.8. The summed E-state index contributed by atoms with van der Waals surface area (Å²) in [4.78, 5) is 5.43. The molecule has 6 heteroatoms. The van der Waals surface area contributed by atoms with Gasteiger partial charge in [0.25, 0.3) is 0 Å². The first kappa shape index (κ1) is 14.6. The lowest BCUT2D eigenvalue weighted by atomic mass is 10.2. The SMILES string of the molecule is COc1cc(OC)c(-c2ncc(C(C)N)s2)cc1OC. The molecule has 0 aliphatic heterocycles. The van der Waals surface area contributed by atoms with Gasteiger partial charge in [-0.3, -0.25) is 0 Å². The molecule has 0 spiro atoms. The van der Waals surface area contributed by atoms with Crippen molar-refractivity contribution in [2.75, 3.05) is 21.3 Å². The Labute approximate surface area is 122 Å². The molecule has 108 valence electrons. The first-order chi connectivity index (χ1) is 9.60. The second-order valence-corrected chi connectivity index (χ2v) is 5.33. The number of hydrogen-bond acceptors (Lipinski definition) is 6. The zero-order valence-electron chi connectivity index (χ0n) is 12.0. The van der Waals surface area contributed by atoms with Crippen LogP contribution in [-0.4, -0.2) is 26.3 Å². The maximum Gasteiger partial charge on any atom is 0.164 e. The summed E-state index contributed by atoms with van der Waals surface area (Å²) in [5.74, 6) is 1.95. The fourth-order valence-electron chi connectivity index (χ4n) is 1.82. The van der Waals surface area contributed by atoms with Crippen molar-refractivity contribution in [3.63, 3.8) is 0 Å². The van der Waals surface area contributed by atoms with Crippen molar-refractivity contribution in [1.29, 1.82) is 0 Å². The average Bonchev–Trinajstić information content (AvgIpc) is 2.95. The highest BCUT2D eigenvalue weighted by molar-refractivity contribution is 7.15. The standard InChI is InChI=1S/C14H18N2O3S/c1-8(15)13-7-16-14(20-13)9-5-11(18-3)12(19-4)6-10(9)17-2/h5-8H,15H2,1-4H3. The molecule has 1 heterocycles. The van der Waals surface area contributed by atoms with Crippen LogP contribution < -0.4 is 19.9 Å². The van der Waals surface area contributed by atoms with Gasteiger partial charge in [-0.2, -0.15) is 0 Å². The second-order valence-electron chi connectivity index (χ2n) is 4.26. The number of aromatic nitrogens is 1. The number of ether oxygens (including phenoxy) is 3. The fourth-order valence-corrected chi connectivity index (χ4v) is 2.71. The van der Waals surface area contributed by atoms with Crippen LogP contribution in [0.25, 0.3) is 10.6 Å². The normalized spacial score (nSPS) is 12.1. The number of rotatable bonds is 5. The van der Waals surface area contributed by atoms with Gasteiger partial charge >= 0.3 is 0 Å². The predicted molar refractivity (Wildman–Crippen MR) is 79.8 cm³/mol. The molecule has 2 rings (SSSR count). The first-order valence-electron chi connectivity index (χ1n) is 6.12. The van der Waals surface area contributed by atoms with Gasteiger partial charge in [-0.15, -0.1) is 11.3 Å². The van der Waals surface area contributed by atoms with Crippen molar-refractivity contribution >= 4 is 11.3 Å². The van der Waals surface area contributed by atoms with Crippen LogP contribution in [-0.2, 0) is 0 Å². The Morgan fingerprint density at radius 1 is 1.05 bits per heavy atom. The number of methoxy groups -OCH3 is 3. The Hall–Kier alpha value is -1.79. The number of benzene rings is 1. The van der Waals surface area contributed by atoms with E-state index in [1.54, 1.807) is 44.9 Å². The average molecular weight is 294 g/mol. The quantitative estimate of drug-likeness (QED) is 0.918. The van der Waals surface area contributed by atoms with E-state index < -0.39 is 0 Å². The minimum Gasteiger partial charge on any atom is -0.496 e. The monoisotopic (exact) mass is 294 g/mol. The molecule has 1 atom stereocenters. The molecule has 0 aliphatic rings. The van der Waals surface area contributed by atoms with Crippen molar-refractivity contribution < 1.29 is 14.2 Å². The lowest BCUT2D eigenvalue weighted by Gasteiger charge is -2.12. The van der Waals surface area contributed by atoms with Gasteiger partial charge < -0.3 is 19.9 Å². The molecule has 0 radical (unpaired) electrons. The maximum atomic E-state index is 5.87. The predicted octanol–water partition coefficient (Wildman–Crippen LogP) is 2.86. The Morgan fingerprint density at radius 3 is 2.15 bits per heavy atom. The molecular weight excluding hydrogens is 276 g/mol. The molecule has 1 unspecified atom stereocenters. The van der Waals surface area contributed by atoms with Crippen molar-refractivity contribution in [1.82, 2.24) is 4.98 Å². The summed E-state index contributed by atoms with van der Waals surface area (Å²) in [5.41, 5.74) is 6.73. The molecule has 2 aromatic rings. The third-order valence-corrected chi connectivity index (χ3v) is 4.14. The van der Waals surface area contributed by atoms with E-state index in [9.17, 15) is 0 Å². The van der Waals surface area contributed by atoms with Crippen molar-refractivity contribution in [2.45, 2.75) is 13.0 Å². The summed E-state index contributed by atoms with van der Waals surface area (Å²) in [6, 6.07) is 3.62. The van der Waals surface area contributed by atoms with E-state index in [1.807, 2.05) is 13.0 Å². The number of nitrogens with two attached hydrogens (primary N) is 1. The fraction of sp³-hybridized carbons (Fsp3) is 0.357. The maximum absolute atomic E-state index is 5.87. The molecule has 2 N–H and O–H groups in total. The molecule has 0 saturated heterocycles. The molecule has 0 bridgehead atoms. The van der Waals surface area contributed by atoms with E-state index in [0.29, 0.717) is 17.2 Å². The van der Waals surface area contributed by atoms with E-state index in [-0.39, 0.29) is 6.04 Å². The molecule has 1 aromatic heterocycles. The van der Waals surface area contributed by atoms with Crippen LogP contribution in [0.5, 0.6) is 17.2 Å². The minimum atomic E-state index is -0.0348. The van der Waals surface area contributed by atoms with E-state index in [4.69, 9.17) is 19.9 Å². The van der Waals surface area contributed by atoms with Crippen LogP contribution in [0.2, 0.25) is 0 Å². The van der Waals surface area contributed by atoms with E-state index >= 15 is 0 Å². The number of nitrogens with zero attached hydrogens (tertiary/aromatic N) is 1. The Bertz CT molecular complexity index is 596. The Kier molecular flexibility index (Phi) is 4.46. The van der Waals surface area contributed by atoms with Crippen LogP contribution in [0.1, 0.15) is 17.8 Å². The topological polar surface area (TPSA) is 66.6 Å². The van der Waals surface area contributed by atoms with Crippen LogP contribution in [0.3, 0.4) is 0 Å². The van der Waals surface area contributed by atoms with Gasteiger partial charge in [0, 0.05) is 23.2 Å². The van der Waals surface area contributed by atoms with Crippen molar-refractivity contribution in [2.24, 2.45) is 5.73 Å². The molecule has 0 amide bonds. The first-order valence-corrected chi connectivity index (χ1v) is 6.94. The molecule has 0 fully saturated rings. The second kappa shape index (κ2) is 6.11. The lowest BCUT2D eigenvalue weighted by molar-refractivity contribution is 0.349. The third kappa shape index (κ3) is 2.71. The molecule has 0 saturated carbocycles. The summed E-state index contributed by atoms with van der Waals surface area (Å²) >= 11 is 1.54. The summed E-state index contributed by atoms with van der Waals surface area (Å²) in [5, 5.41) is 0.843. The van der Waals surface area contributed by atoms with Gasteiger partial charge in [0.05, 0.1) is 26.9 Å². The third-order valence-electron chi connectivity index (χ3n) is 2.91. The largest absolute Gasteiger partial charge is 0.496 e. The van der Waals surface area contributed by atoms with Gasteiger partial charge in [0.15, 0.2) is 11.5 Å². The number of hydrogen-bond donors (Lipinski definition) is 1.